The molecule has 4 aliphatic carbocycles. The van der Waals surface area contributed by atoms with Gasteiger partial charge in [0.2, 0.25) is 0 Å². The molecule has 0 saturated heterocycles. The third kappa shape index (κ3) is 2.43. The van der Waals surface area contributed by atoms with Gasteiger partial charge in [0.1, 0.15) is 0 Å². The maximum Gasteiger partial charge on any atom is 0.306 e. The number of carboxylic acid groups (broad SMARTS) is 1. The van der Waals surface area contributed by atoms with Crippen molar-refractivity contribution >= 4 is 11.8 Å². The van der Waals surface area contributed by atoms with Crippen LogP contribution >= 0.6 is 0 Å². The highest BCUT2D eigenvalue weighted by Gasteiger charge is 2.61. The second-order valence-electron chi connectivity index (χ2n) is 9.34. The normalized spacial score (nSPS) is 46.0. The Morgan fingerprint density at radius 1 is 1.19 bits per heavy atom. The molecule has 3 fully saturated rings. The molecular formula is C21H30O5. The predicted molar refractivity (Wildman–Crippen MR) is 95.3 cm³/mol. The van der Waals surface area contributed by atoms with Gasteiger partial charge < -0.3 is 15.3 Å². The topological polar surface area (TPSA) is 94.8 Å². The number of hydrogen-bond acceptors (Lipinski definition) is 4. The van der Waals surface area contributed by atoms with Gasteiger partial charge in [-0.2, -0.15) is 0 Å². The standard InChI is InChI=1S/C21H30O5/c1-20-8-7-16-14(15(20)4-5-17(20)23)3-2-12-10-13(22)6-9-21(12,16)18(24)11-19(25)26/h10,14-18,23-24H,2-9,11H2,1H3,(H,25,26)/t14-,15-,16-,17-,18?,20-,21+/m0/s1. The molecule has 0 amide bonds. The molecule has 0 aromatic carbocycles. The fourth-order valence-corrected chi connectivity index (χ4v) is 7.22. The van der Waals surface area contributed by atoms with Crippen molar-refractivity contribution < 1.29 is 24.9 Å². The van der Waals surface area contributed by atoms with Crippen molar-refractivity contribution in [1.29, 1.82) is 0 Å². The summed E-state index contributed by atoms with van der Waals surface area (Å²) in [7, 11) is 0. The van der Waals surface area contributed by atoms with Crippen LogP contribution in [0.4, 0.5) is 0 Å². The number of hydrogen-bond donors (Lipinski definition) is 3. The zero-order chi connectivity index (χ0) is 18.7. The van der Waals surface area contributed by atoms with Crippen LogP contribution in [0.1, 0.15) is 64.7 Å². The second kappa shape index (κ2) is 6.16. The summed E-state index contributed by atoms with van der Waals surface area (Å²) in [5.74, 6) is 0.174. The maximum atomic E-state index is 12.0. The minimum atomic E-state index is -0.984. The minimum absolute atomic E-state index is 0.0498. The van der Waals surface area contributed by atoms with E-state index in [0.29, 0.717) is 24.7 Å². The monoisotopic (exact) mass is 362 g/mol. The Morgan fingerprint density at radius 2 is 1.96 bits per heavy atom. The van der Waals surface area contributed by atoms with Gasteiger partial charge in [0.25, 0.3) is 0 Å². The quantitative estimate of drug-likeness (QED) is 0.717. The summed E-state index contributed by atoms with van der Waals surface area (Å²) in [5.41, 5.74) is 0.376. The lowest BCUT2D eigenvalue weighted by atomic mass is 9.45. The summed E-state index contributed by atoms with van der Waals surface area (Å²) in [6.07, 6.45) is 6.65. The van der Waals surface area contributed by atoms with E-state index in [4.69, 9.17) is 0 Å². The van der Waals surface area contributed by atoms with Gasteiger partial charge in [-0.1, -0.05) is 12.5 Å². The van der Waals surface area contributed by atoms with Crippen molar-refractivity contribution in [2.45, 2.75) is 76.9 Å². The molecule has 5 heteroatoms. The van der Waals surface area contributed by atoms with Gasteiger partial charge in [0.05, 0.1) is 18.6 Å². The van der Waals surface area contributed by atoms with Gasteiger partial charge in [-0.05, 0) is 74.2 Å². The van der Waals surface area contributed by atoms with Crippen LogP contribution in [-0.2, 0) is 9.59 Å². The summed E-state index contributed by atoms with van der Waals surface area (Å²) in [6.45, 7) is 2.21. The molecule has 3 saturated carbocycles. The summed E-state index contributed by atoms with van der Waals surface area (Å²) in [6, 6.07) is 0. The fourth-order valence-electron chi connectivity index (χ4n) is 7.22. The van der Waals surface area contributed by atoms with Crippen LogP contribution < -0.4 is 0 Å². The molecule has 4 aliphatic rings. The van der Waals surface area contributed by atoms with Crippen LogP contribution in [0.2, 0.25) is 0 Å². The van der Waals surface area contributed by atoms with Crippen molar-refractivity contribution in [3.63, 3.8) is 0 Å². The van der Waals surface area contributed by atoms with E-state index < -0.39 is 17.5 Å². The van der Waals surface area contributed by atoms with Crippen LogP contribution in [0.15, 0.2) is 11.6 Å². The highest BCUT2D eigenvalue weighted by Crippen LogP contribution is 2.66. The highest BCUT2D eigenvalue weighted by atomic mass is 16.4. The first-order valence-electron chi connectivity index (χ1n) is 10.1. The third-order valence-electron chi connectivity index (χ3n) is 8.48. The number of fused-ring (bicyclic) bond motifs is 5. The van der Waals surface area contributed by atoms with Crippen LogP contribution in [0.3, 0.4) is 0 Å². The number of carboxylic acids is 1. The van der Waals surface area contributed by atoms with Gasteiger partial charge in [0, 0.05) is 11.8 Å². The molecule has 0 aromatic rings. The number of aliphatic hydroxyl groups excluding tert-OH is 2. The first-order valence-corrected chi connectivity index (χ1v) is 10.1. The summed E-state index contributed by atoms with van der Waals surface area (Å²) < 4.78 is 0. The Kier molecular flexibility index (Phi) is 4.31. The van der Waals surface area contributed by atoms with E-state index >= 15 is 0 Å². The van der Waals surface area contributed by atoms with Gasteiger partial charge >= 0.3 is 5.97 Å². The maximum absolute atomic E-state index is 12.0. The molecule has 0 aliphatic heterocycles. The molecule has 5 nitrogen and oxygen atoms in total. The van der Waals surface area contributed by atoms with E-state index in [1.165, 1.54) is 0 Å². The van der Waals surface area contributed by atoms with E-state index in [-0.39, 0.29) is 29.6 Å². The van der Waals surface area contributed by atoms with Gasteiger partial charge in [-0.25, -0.2) is 0 Å². The second-order valence-corrected chi connectivity index (χ2v) is 9.34. The smallest absolute Gasteiger partial charge is 0.306 e. The predicted octanol–water partition coefficient (Wildman–Crippen LogP) is 2.69. The molecule has 1 unspecified atom stereocenters. The van der Waals surface area contributed by atoms with Crippen LogP contribution in [-0.4, -0.2) is 39.3 Å². The Morgan fingerprint density at radius 3 is 2.69 bits per heavy atom. The highest BCUT2D eigenvalue weighted by molar-refractivity contribution is 5.91. The summed E-state index contributed by atoms with van der Waals surface area (Å²) in [5, 5.41) is 30.9. The Hall–Kier alpha value is -1.20. The van der Waals surface area contributed by atoms with Crippen molar-refractivity contribution in [3.05, 3.63) is 11.6 Å². The average Bonchev–Trinajstić information content (AvgIpc) is 2.89. The van der Waals surface area contributed by atoms with Gasteiger partial charge in [-0.3, -0.25) is 9.59 Å². The van der Waals surface area contributed by atoms with Crippen molar-refractivity contribution in [2.24, 2.45) is 28.6 Å². The number of aliphatic carboxylic acids is 1. The summed E-state index contributed by atoms with van der Waals surface area (Å²) in [4.78, 5) is 23.4. The third-order valence-corrected chi connectivity index (χ3v) is 8.48. The Labute approximate surface area is 154 Å². The van der Waals surface area contributed by atoms with Crippen LogP contribution in [0.5, 0.6) is 0 Å². The minimum Gasteiger partial charge on any atom is -0.481 e. The Balaban J connectivity index is 1.74. The fraction of sp³-hybridized carbons (Fsp3) is 0.810. The number of aliphatic hydroxyl groups is 2. The number of carbonyl (C=O) groups is 2. The molecule has 0 heterocycles. The molecule has 26 heavy (non-hydrogen) atoms. The molecule has 0 bridgehead atoms. The number of rotatable bonds is 3. The average molecular weight is 362 g/mol. The molecule has 0 aromatic heterocycles. The molecule has 0 radical (unpaired) electrons. The number of ketones is 1. The number of carbonyl (C=O) groups excluding carboxylic acids is 1. The first-order chi connectivity index (χ1) is 12.3. The molecule has 0 spiro atoms. The van der Waals surface area contributed by atoms with Crippen LogP contribution in [0, 0.1) is 28.6 Å². The molecular weight excluding hydrogens is 332 g/mol. The molecule has 3 N–H and O–H groups in total. The van der Waals surface area contributed by atoms with Crippen molar-refractivity contribution in [1.82, 2.24) is 0 Å². The largest absolute Gasteiger partial charge is 0.481 e. The SMILES string of the molecule is C[C@]12CC[C@H]3[C@@H](CCC4=CC(=O)CC[C@@]43C(O)CC(=O)O)[C@@H]1CC[C@@H]2O. The van der Waals surface area contributed by atoms with E-state index in [2.05, 4.69) is 6.92 Å². The Bertz CT molecular complexity index is 655. The lowest BCUT2D eigenvalue weighted by Crippen LogP contribution is -2.56. The lowest BCUT2D eigenvalue weighted by Gasteiger charge is -2.60. The van der Waals surface area contributed by atoms with Gasteiger partial charge in [-0.15, -0.1) is 0 Å². The molecule has 144 valence electrons. The zero-order valence-corrected chi connectivity index (χ0v) is 15.5. The van der Waals surface area contributed by atoms with Crippen molar-refractivity contribution in [3.8, 4) is 0 Å². The summed E-state index contributed by atoms with van der Waals surface area (Å²) >= 11 is 0. The molecule has 4 rings (SSSR count). The lowest BCUT2D eigenvalue weighted by molar-refractivity contribution is -0.148. The van der Waals surface area contributed by atoms with E-state index in [1.54, 1.807) is 6.08 Å². The van der Waals surface area contributed by atoms with E-state index in [1.807, 2.05) is 0 Å². The first kappa shape index (κ1) is 18.2. The zero-order valence-electron chi connectivity index (χ0n) is 15.5. The van der Waals surface area contributed by atoms with Crippen molar-refractivity contribution in [2.75, 3.05) is 0 Å². The van der Waals surface area contributed by atoms with E-state index in [0.717, 1.165) is 44.1 Å². The van der Waals surface area contributed by atoms with Crippen LogP contribution in [0.25, 0.3) is 0 Å². The van der Waals surface area contributed by atoms with Gasteiger partial charge in [0.15, 0.2) is 5.78 Å². The molecule has 7 atom stereocenters. The van der Waals surface area contributed by atoms with E-state index in [9.17, 15) is 24.9 Å².